The van der Waals surface area contributed by atoms with Crippen LogP contribution in [0.2, 0.25) is 0 Å². The van der Waals surface area contributed by atoms with Crippen molar-refractivity contribution in [3.8, 4) is 0 Å². The maximum Gasteiger partial charge on any atom is 0.261 e. The minimum atomic E-state index is -3.99. The van der Waals surface area contributed by atoms with Crippen molar-refractivity contribution >= 4 is 27.6 Å². The smallest absolute Gasteiger partial charge is 0.261 e. The summed E-state index contributed by atoms with van der Waals surface area (Å²) in [5, 5.41) is 2.95. The third kappa shape index (κ3) is 5.00. The number of likely N-dealkylation sites (tertiary alicyclic amines) is 1. The van der Waals surface area contributed by atoms with Gasteiger partial charge in [0, 0.05) is 18.3 Å². The van der Waals surface area contributed by atoms with Crippen LogP contribution in [0.3, 0.4) is 0 Å². The maximum atomic E-state index is 14.2. The molecule has 1 N–H and O–H groups in total. The highest BCUT2D eigenvalue weighted by Gasteiger charge is 2.57. The van der Waals surface area contributed by atoms with E-state index in [9.17, 15) is 22.8 Å². The van der Waals surface area contributed by atoms with Crippen LogP contribution in [0.1, 0.15) is 75.2 Å². The Kier molecular flexibility index (Phi) is 7.13. The Balaban J connectivity index is 1.38. The number of aromatic nitrogens is 1. The minimum Gasteiger partial charge on any atom is -0.338 e. The van der Waals surface area contributed by atoms with Gasteiger partial charge in [0.05, 0.1) is 12.6 Å². The third-order valence-electron chi connectivity index (χ3n) is 8.33. The van der Waals surface area contributed by atoms with E-state index < -0.39 is 27.6 Å². The molecule has 1 aromatic heterocycles. The zero-order valence-corrected chi connectivity index (χ0v) is 23.5. The highest BCUT2D eigenvalue weighted by atomic mass is 32.2. The summed E-state index contributed by atoms with van der Waals surface area (Å²) < 4.78 is 27.8. The Labute approximate surface area is 230 Å². The average Bonchev–Trinajstić information content (AvgIpc) is 3.50. The van der Waals surface area contributed by atoms with E-state index in [1.54, 1.807) is 24.3 Å². The molecule has 2 atom stereocenters. The predicted molar refractivity (Wildman–Crippen MR) is 145 cm³/mol. The van der Waals surface area contributed by atoms with Crippen LogP contribution in [-0.4, -0.2) is 70.9 Å². The summed E-state index contributed by atoms with van der Waals surface area (Å²) in [5.74, 6) is -0.918. The molecule has 0 radical (unpaired) electrons. The summed E-state index contributed by atoms with van der Waals surface area (Å²) >= 11 is 0. The first kappa shape index (κ1) is 27.5. The standard InChI is InChI=1S/C29H36N4O5S/c1-28(2,3)21-12-10-20(11-13-21)26(35)31-29(15-6-4-7-16-29)27(36)32-18-14-22-25(32)23(34)19-33(22)39(37,38)24-9-5-8-17-30-24/h5,8-13,17,22,25H,4,6-7,14-16,18-19H2,1-3H3,(H,31,35). The normalized spacial score (nSPS) is 23.5. The lowest BCUT2D eigenvalue weighted by Gasteiger charge is -2.40. The molecule has 0 bridgehead atoms. The summed E-state index contributed by atoms with van der Waals surface area (Å²) in [7, 11) is -3.99. The fourth-order valence-corrected chi connectivity index (χ4v) is 7.73. The van der Waals surface area contributed by atoms with Gasteiger partial charge in [-0.3, -0.25) is 14.4 Å². The number of nitrogens with one attached hydrogen (secondary N) is 1. The molecular weight excluding hydrogens is 516 g/mol. The van der Waals surface area contributed by atoms with E-state index in [0.717, 1.165) is 24.8 Å². The van der Waals surface area contributed by atoms with E-state index in [-0.39, 0.29) is 41.1 Å². The average molecular weight is 553 g/mol. The number of carbonyl (C=O) groups is 3. The molecule has 39 heavy (non-hydrogen) atoms. The first-order valence-electron chi connectivity index (χ1n) is 13.6. The Bertz CT molecular complexity index is 1360. The predicted octanol–water partition coefficient (Wildman–Crippen LogP) is 3.05. The second kappa shape index (κ2) is 10.1. The highest BCUT2D eigenvalue weighted by Crippen LogP contribution is 2.38. The molecule has 3 fully saturated rings. The second-order valence-corrected chi connectivity index (χ2v) is 13.7. The van der Waals surface area contributed by atoms with Crippen LogP contribution in [0, 0.1) is 0 Å². The number of Topliss-reactive ketones (excluding diaryl/α,β-unsaturated/α-hetero) is 1. The van der Waals surface area contributed by atoms with Gasteiger partial charge < -0.3 is 10.2 Å². The summed E-state index contributed by atoms with van der Waals surface area (Å²) in [6.07, 6.45) is 5.25. The Morgan fingerprint density at radius 2 is 1.72 bits per heavy atom. The number of rotatable bonds is 5. The van der Waals surface area contributed by atoms with Gasteiger partial charge in [-0.25, -0.2) is 13.4 Å². The highest BCUT2D eigenvalue weighted by molar-refractivity contribution is 7.89. The van der Waals surface area contributed by atoms with Crippen molar-refractivity contribution in [3.63, 3.8) is 0 Å². The molecule has 9 nitrogen and oxygen atoms in total. The molecule has 10 heteroatoms. The van der Waals surface area contributed by atoms with Crippen molar-refractivity contribution < 1.29 is 22.8 Å². The quantitative estimate of drug-likeness (QED) is 0.610. The number of hydrogen-bond donors (Lipinski definition) is 1. The molecule has 2 amide bonds. The lowest BCUT2D eigenvalue weighted by molar-refractivity contribution is -0.143. The van der Waals surface area contributed by atoms with Crippen LogP contribution in [0.4, 0.5) is 0 Å². The van der Waals surface area contributed by atoms with Gasteiger partial charge in [-0.15, -0.1) is 0 Å². The molecular formula is C29H36N4O5S. The third-order valence-corrected chi connectivity index (χ3v) is 10.1. The zero-order chi connectivity index (χ0) is 28.0. The van der Waals surface area contributed by atoms with Gasteiger partial charge in [0.15, 0.2) is 10.8 Å². The molecule has 2 aliphatic heterocycles. The summed E-state index contributed by atoms with van der Waals surface area (Å²) in [5.41, 5.74) is 0.411. The van der Waals surface area contributed by atoms with Crippen LogP contribution in [0.15, 0.2) is 53.7 Å². The number of nitrogens with zero attached hydrogens (tertiary/aromatic N) is 3. The van der Waals surface area contributed by atoms with Gasteiger partial charge in [-0.1, -0.05) is 58.2 Å². The summed E-state index contributed by atoms with van der Waals surface area (Å²) in [6, 6.07) is 10.5. The molecule has 208 valence electrons. The summed E-state index contributed by atoms with van der Waals surface area (Å²) in [4.78, 5) is 46.3. The molecule has 1 aliphatic carbocycles. The van der Waals surface area contributed by atoms with Gasteiger partial charge in [-0.05, 0) is 54.5 Å². The first-order chi connectivity index (χ1) is 18.4. The van der Waals surface area contributed by atoms with Gasteiger partial charge in [0.1, 0.15) is 11.6 Å². The molecule has 3 aliphatic rings. The number of sulfonamides is 1. The molecule has 1 saturated carbocycles. The molecule has 2 saturated heterocycles. The maximum absolute atomic E-state index is 14.2. The molecule has 1 aromatic carbocycles. The van der Waals surface area contributed by atoms with Gasteiger partial charge in [0.25, 0.3) is 15.9 Å². The van der Waals surface area contributed by atoms with E-state index in [1.165, 1.54) is 21.5 Å². The van der Waals surface area contributed by atoms with Crippen LogP contribution < -0.4 is 5.32 Å². The van der Waals surface area contributed by atoms with E-state index >= 15 is 0 Å². The fourth-order valence-electron chi connectivity index (χ4n) is 6.17. The number of carbonyl (C=O) groups excluding carboxylic acids is 3. The Hall–Kier alpha value is -3.11. The van der Waals surface area contributed by atoms with Crippen molar-refractivity contribution in [1.82, 2.24) is 19.5 Å². The van der Waals surface area contributed by atoms with E-state index in [2.05, 4.69) is 31.1 Å². The fraction of sp³-hybridized carbons (Fsp3) is 0.517. The molecule has 0 spiro atoms. The monoisotopic (exact) mass is 552 g/mol. The number of hydrogen-bond acceptors (Lipinski definition) is 6. The molecule has 5 rings (SSSR count). The summed E-state index contributed by atoms with van der Waals surface area (Å²) in [6.45, 7) is 6.28. The molecule has 3 heterocycles. The van der Waals surface area contributed by atoms with Crippen molar-refractivity contribution in [2.75, 3.05) is 13.1 Å². The number of ketones is 1. The van der Waals surface area contributed by atoms with Crippen LogP contribution >= 0.6 is 0 Å². The number of fused-ring (bicyclic) bond motifs is 1. The topological polar surface area (TPSA) is 117 Å². The zero-order valence-electron chi connectivity index (χ0n) is 22.7. The lowest BCUT2D eigenvalue weighted by Crippen LogP contribution is -2.62. The van der Waals surface area contributed by atoms with Gasteiger partial charge in [0.2, 0.25) is 5.91 Å². The minimum absolute atomic E-state index is 0.0480. The SMILES string of the molecule is CC(C)(C)c1ccc(C(=O)NC2(C(=O)N3CCC4C3C(=O)CN4S(=O)(=O)c3ccccn3)CCCCC2)cc1. The van der Waals surface area contributed by atoms with Gasteiger partial charge >= 0.3 is 0 Å². The number of amides is 2. The van der Waals surface area contributed by atoms with E-state index in [1.807, 2.05) is 12.1 Å². The number of pyridine rings is 1. The van der Waals surface area contributed by atoms with Crippen LogP contribution in [0.5, 0.6) is 0 Å². The molecule has 2 unspecified atom stereocenters. The molecule has 2 aromatic rings. The lowest BCUT2D eigenvalue weighted by atomic mass is 9.80. The largest absolute Gasteiger partial charge is 0.338 e. The van der Waals surface area contributed by atoms with Crippen molar-refractivity contribution in [1.29, 1.82) is 0 Å². The second-order valence-electron chi connectivity index (χ2n) is 11.9. The van der Waals surface area contributed by atoms with Crippen LogP contribution in [-0.2, 0) is 25.0 Å². The first-order valence-corrected chi connectivity index (χ1v) is 15.1. The Morgan fingerprint density at radius 1 is 1.03 bits per heavy atom. The number of benzene rings is 1. The van der Waals surface area contributed by atoms with Crippen molar-refractivity contribution in [2.45, 2.75) is 87.4 Å². The Morgan fingerprint density at radius 3 is 2.33 bits per heavy atom. The van der Waals surface area contributed by atoms with E-state index in [4.69, 9.17) is 0 Å². The van der Waals surface area contributed by atoms with Gasteiger partial charge in [-0.2, -0.15) is 4.31 Å². The van der Waals surface area contributed by atoms with Crippen molar-refractivity contribution in [3.05, 3.63) is 59.8 Å². The van der Waals surface area contributed by atoms with Crippen molar-refractivity contribution in [2.24, 2.45) is 0 Å². The van der Waals surface area contributed by atoms with Crippen LogP contribution in [0.25, 0.3) is 0 Å². The van der Waals surface area contributed by atoms with E-state index in [0.29, 0.717) is 24.8 Å².